The molecule has 20 heavy (non-hydrogen) atoms. The van der Waals surface area contributed by atoms with E-state index in [-0.39, 0.29) is 23.5 Å². The van der Waals surface area contributed by atoms with Gasteiger partial charge in [-0.15, -0.1) is 0 Å². The molecule has 0 aliphatic carbocycles. The number of hydrogen-bond donors (Lipinski definition) is 2. The van der Waals surface area contributed by atoms with E-state index in [1.54, 1.807) is 13.0 Å². The van der Waals surface area contributed by atoms with Crippen LogP contribution in [-0.4, -0.2) is 11.1 Å². The maximum Gasteiger partial charge on any atom is 0.335 e. The third-order valence-corrected chi connectivity index (χ3v) is 2.95. The van der Waals surface area contributed by atoms with E-state index in [0.717, 1.165) is 6.07 Å². The molecule has 0 spiro atoms. The summed E-state index contributed by atoms with van der Waals surface area (Å²) < 4.78 is 26.6. The Hall–Kier alpha value is -2.43. The Morgan fingerprint density at radius 1 is 1.20 bits per heavy atom. The quantitative estimate of drug-likeness (QED) is 0.898. The number of carboxylic acid groups (broad SMARTS) is 1. The molecule has 0 aliphatic heterocycles. The van der Waals surface area contributed by atoms with E-state index in [9.17, 15) is 13.6 Å². The molecule has 0 aromatic heterocycles. The molecule has 0 heterocycles. The molecule has 0 radical (unpaired) electrons. The van der Waals surface area contributed by atoms with E-state index in [1.165, 1.54) is 24.3 Å². The summed E-state index contributed by atoms with van der Waals surface area (Å²) in [7, 11) is 0. The van der Waals surface area contributed by atoms with Crippen molar-refractivity contribution in [2.24, 2.45) is 0 Å². The fourth-order valence-electron chi connectivity index (χ4n) is 1.86. The predicted molar refractivity (Wildman–Crippen MR) is 71.8 cm³/mol. The van der Waals surface area contributed by atoms with Crippen molar-refractivity contribution in [3.05, 3.63) is 64.7 Å². The molecular formula is C15H13F2NO2. The SMILES string of the molecule is Cc1cc(F)ccc1NCc1cc(C(=O)O)ccc1F. The van der Waals surface area contributed by atoms with Gasteiger partial charge in [-0.3, -0.25) is 0 Å². The highest BCUT2D eigenvalue weighted by Gasteiger charge is 2.09. The summed E-state index contributed by atoms with van der Waals surface area (Å²) >= 11 is 0. The predicted octanol–water partition coefficient (Wildman–Crippen LogP) is 3.58. The first-order valence-electron chi connectivity index (χ1n) is 5.99. The first kappa shape index (κ1) is 14.0. The first-order valence-corrected chi connectivity index (χ1v) is 5.99. The number of anilines is 1. The Bertz CT molecular complexity index is 656. The van der Waals surface area contributed by atoms with Crippen LogP contribution in [0.15, 0.2) is 36.4 Å². The van der Waals surface area contributed by atoms with Crippen molar-refractivity contribution in [3.8, 4) is 0 Å². The van der Waals surface area contributed by atoms with Gasteiger partial charge in [0.05, 0.1) is 5.56 Å². The lowest BCUT2D eigenvalue weighted by atomic mass is 10.1. The summed E-state index contributed by atoms with van der Waals surface area (Å²) in [6.45, 7) is 1.86. The maximum atomic E-state index is 13.6. The molecule has 5 heteroatoms. The van der Waals surface area contributed by atoms with Gasteiger partial charge in [-0.2, -0.15) is 0 Å². The molecule has 3 nitrogen and oxygen atoms in total. The van der Waals surface area contributed by atoms with Gasteiger partial charge in [0.2, 0.25) is 0 Å². The van der Waals surface area contributed by atoms with E-state index in [1.807, 2.05) is 0 Å². The Morgan fingerprint density at radius 2 is 1.95 bits per heavy atom. The van der Waals surface area contributed by atoms with Crippen LogP contribution >= 0.6 is 0 Å². The van der Waals surface area contributed by atoms with Crippen LogP contribution in [0.1, 0.15) is 21.5 Å². The van der Waals surface area contributed by atoms with Crippen LogP contribution in [0.25, 0.3) is 0 Å². The van der Waals surface area contributed by atoms with Crippen LogP contribution in [0.4, 0.5) is 14.5 Å². The van der Waals surface area contributed by atoms with Gasteiger partial charge in [0.1, 0.15) is 11.6 Å². The summed E-state index contributed by atoms with van der Waals surface area (Å²) in [6, 6.07) is 7.85. The van der Waals surface area contributed by atoms with Crippen LogP contribution in [0.3, 0.4) is 0 Å². The summed E-state index contributed by atoms with van der Waals surface area (Å²) in [5.74, 6) is -1.93. The first-order chi connectivity index (χ1) is 9.47. The molecule has 0 bridgehead atoms. The number of aryl methyl sites for hydroxylation is 1. The molecule has 2 rings (SSSR count). The van der Waals surface area contributed by atoms with Crippen molar-refractivity contribution < 1.29 is 18.7 Å². The average molecular weight is 277 g/mol. The summed E-state index contributed by atoms with van der Waals surface area (Å²) in [6.07, 6.45) is 0. The van der Waals surface area contributed by atoms with Crippen molar-refractivity contribution in [3.63, 3.8) is 0 Å². The number of benzene rings is 2. The van der Waals surface area contributed by atoms with Crippen LogP contribution in [-0.2, 0) is 6.54 Å². The zero-order valence-electron chi connectivity index (χ0n) is 10.8. The minimum Gasteiger partial charge on any atom is -0.478 e. The molecule has 0 fully saturated rings. The summed E-state index contributed by atoms with van der Waals surface area (Å²) in [4.78, 5) is 10.8. The van der Waals surface area contributed by atoms with Crippen molar-refractivity contribution in [1.82, 2.24) is 0 Å². The minimum absolute atomic E-state index is 0.0269. The number of carboxylic acids is 1. The van der Waals surface area contributed by atoms with Crippen LogP contribution in [0, 0.1) is 18.6 Å². The van der Waals surface area contributed by atoms with E-state index in [2.05, 4.69) is 5.32 Å². The summed E-state index contributed by atoms with van der Waals surface area (Å²) in [5.41, 5.74) is 1.64. The fourth-order valence-corrected chi connectivity index (χ4v) is 1.86. The van der Waals surface area contributed by atoms with Gasteiger partial charge in [0.25, 0.3) is 0 Å². The lowest BCUT2D eigenvalue weighted by Crippen LogP contribution is -2.06. The number of carbonyl (C=O) groups is 1. The third kappa shape index (κ3) is 3.12. The number of hydrogen-bond acceptors (Lipinski definition) is 2. The highest BCUT2D eigenvalue weighted by Crippen LogP contribution is 2.18. The van der Waals surface area contributed by atoms with Crippen LogP contribution in [0.2, 0.25) is 0 Å². The Morgan fingerprint density at radius 3 is 2.60 bits per heavy atom. The lowest BCUT2D eigenvalue weighted by molar-refractivity contribution is 0.0696. The summed E-state index contributed by atoms with van der Waals surface area (Å²) in [5, 5.41) is 11.8. The monoisotopic (exact) mass is 277 g/mol. The Kier molecular flexibility index (Phi) is 3.98. The smallest absolute Gasteiger partial charge is 0.335 e. The maximum absolute atomic E-state index is 13.6. The van der Waals surface area contributed by atoms with Gasteiger partial charge in [-0.1, -0.05) is 0 Å². The largest absolute Gasteiger partial charge is 0.478 e. The molecule has 2 N–H and O–H groups in total. The normalized spacial score (nSPS) is 10.3. The highest BCUT2D eigenvalue weighted by molar-refractivity contribution is 5.87. The van der Waals surface area contributed by atoms with E-state index < -0.39 is 11.8 Å². The molecule has 0 atom stereocenters. The Labute approximate surface area is 114 Å². The zero-order chi connectivity index (χ0) is 14.7. The van der Waals surface area contributed by atoms with Crippen LogP contribution in [0.5, 0.6) is 0 Å². The topological polar surface area (TPSA) is 49.3 Å². The second kappa shape index (κ2) is 5.69. The molecular weight excluding hydrogens is 264 g/mol. The van der Waals surface area contributed by atoms with Gasteiger partial charge >= 0.3 is 5.97 Å². The molecule has 0 saturated heterocycles. The van der Waals surface area contributed by atoms with E-state index in [4.69, 9.17) is 5.11 Å². The van der Waals surface area contributed by atoms with Crippen molar-refractivity contribution in [2.75, 3.05) is 5.32 Å². The average Bonchev–Trinajstić information content (AvgIpc) is 2.39. The molecule has 2 aromatic carbocycles. The van der Waals surface area contributed by atoms with Crippen molar-refractivity contribution in [2.45, 2.75) is 13.5 Å². The zero-order valence-corrected chi connectivity index (χ0v) is 10.8. The van der Waals surface area contributed by atoms with Gasteiger partial charge < -0.3 is 10.4 Å². The molecule has 104 valence electrons. The minimum atomic E-state index is -1.11. The number of halogens is 2. The molecule has 0 aliphatic rings. The second-order valence-corrected chi connectivity index (χ2v) is 4.42. The Balaban J connectivity index is 2.18. The standard InChI is InChI=1S/C15H13F2NO2/c1-9-6-12(16)3-5-14(9)18-8-11-7-10(15(19)20)2-4-13(11)17/h2-7,18H,8H2,1H3,(H,19,20). The number of rotatable bonds is 4. The molecule has 2 aromatic rings. The van der Waals surface area contributed by atoms with Gasteiger partial charge in [-0.25, -0.2) is 13.6 Å². The van der Waals surface area contributed by atoms with Gasteiger partial charge in [0.15, 0.2) is 0 Å². The van der Waals surface area contributed by atoms with E-state index >= 15 is 0 Å². The molecule has 0 saturated carbocycles. The van der Waals surface area contributed by atoms with Crippen molar-refractivity contribution >= 4 is 11.7 Å². The van der Waals surface area contributed by atoms with E-state index in [0.29, 0.717) is 11.3 Å². The second-order valence-electron chi connectivity index (χ2n) is 4.42. The highest BCUT2D eigenvalue weighted by atomic mass is 19.1. The lowest BCUT2D eigenvalue weighted by Gasteiger charge is -2.10. The molecule has 0 amide bonds. The van der Waals surface area contributed by atoms with Crippen molar-refractivity contribution in [1.29, 1.82) is 0 Å². The number of aromatic carboxylic acids is 1. The van der Waals surface area contributed by atoms with Gasteiger partial charge in [-0.05, 0) is 48.9 Å². The third-order valence-electron chi connectivity index (χ3n) is 2.95. The molecule has 0 unspecified atom stereocenters. The van der Waals surface area contributed by atoms with Gasteiger partial charge in [0, 0.05) is 17.8 Å². The fraction of sp³-hybridized carbons (Fsp3) is 0.133. The van der Waals surface area contributed by atoms with Crippen LogP contribution < -0.4 is 5.32 Å². The number of nitrogens with one attached hydrogen (secondary N) is 1.